The largest absolute Gasteiger partial charge is 0.349 e. The van der Waals surface area contributed by atoms with Gasteiger partial charge in [0.05, 0.1) is 0 Å². The number of benzene rings is 1. The van der Waals surface area contributed by atoms with Crippen LogP contribution in [-0.2, 0) is 0 Å². The van der Waals surface area contributed by atoms with Crippen LogP contribution in [0.3, 0.4) is 0 Å². The molecule has 2 fully saturated rings. The average molecular weight is 187 g/mol. The fourth-order valence-corrected chi connectivity index (χ4v) is 2.10. The number of hydrogen-bond acceptors (Lipinski definition) is 1. The van der Waals surface area contributed by atoms with Crippen LogP contribution in [0.15, 0.2) is 30.3 Å². The molecule has 2 nitrogen and oxygen atoms in total. The van der Waals surface area contributed by atoms with Gasteiger partial charge in [0.1, 0.15) is 0 Å². The normalized spacial score (nSPS) is 25.9. The summed E-state index contributed by atoms with van der Waals surface area (Å²) in [5.74, 6) is 0.0828. The molecule has 0 bridgehead atoms. The molecule has 1 amide bonds. The van der Waals surface area contributed by atoms with Gasteiger partial charge in [-0.1, -0.05) is 18.2 Å². The van der Waals surface area contributed by atoms with Gasteiger partial charge in [0, 0.05) is 11.6 Å². The quantitative estimate of drug-likeness (QED) is 0.753. The predicted molar refractivity (Wildman–Crippen MR) is 54.0 cm³/mol. The third-order valence-corrected chi connectivity index (χ3v) is 3.42. The Hall–Kier alpha value is -1.31. The van der Waals surface area contributed by atoms with Crippen LogP contribution >= 0.6 is 0 Å². The molecule has 0 aromatic heterocycles. The Morgan fingerprint density at radius 3 is 2.57 bits per heavy atom. The molecule has 2 saturated carbocycles. The molecule has 0 radical (unpaired) electrons. The number of amides is 1. The number of nitrogens with one attached hydrogen (secondary N) is 1. The lowest BCUT2D eigenvalue weighted by atomic mass is 10.2. The van der Waals surface area contributed by atoms with Gasteiger partial charge in [-0.25, -0.2) is 0 Å². The summed E-state index contributed by atoms with van der Waals surface area (Å²) < 4.78 is 0. The summed E-state index contributed by atoms with van der Waals surface area (Å²) in [7, 11) is 0. The van der Waals surface area contributed by atoms with E-state index in [1.54, 1.807) is 0 Å². The van der Waals surface area contributed by atoms with E-state index in [1.807, 2.05) is 30.3 Å². The van der Waals surface area contributed by atoms with Gasteiger partial charge in [0.25, 0.3) is 5.91 Å². The lowest BCUT2D eigenvalue weighted by molar-refractivity contribution is 0.0948. The van der Waals surface area contributed by atoms with Crippen LogP contribution in [0.25, 0.3) is 0 Å². The Kier molecular flexibility index (Phi) is 1.49. The summed E-state index contributed by atoms with van der Waals surface area (Å²) >= 11 is 0. The minimum absolute atomic E-state index is 0.0828. The first-order valence-corrected chi connectivity index (χ1v) is 5.16. The fourth-order valence-electron chi connectivity index (χ4n) is 2.10. The predicted octanol–water partition coefficient (Wildman–Crippen LogP) is 1.97. The van der Waals surface area contributed by atoms with E-state index in [2.05, 4.69) is 5.32 Å². The zero-order chi connectivity index (χ0) is 9.60. The van der Waals surface area contributed by atoms with Crippen molar-refractivity contribution in [1.82, 2.24) is 5.32 Å². The Morgan fingerprint density at radius 1 is 1.29 bits per heavy atom. The summed E-state index contributed by atoms with van der Waals surface area (Å²) in [5.41, 5.74) is 1.32. The van der Waals surface area contributed by atoms with Gasteiger partial charge in [0.15, 0.2) is 0 Å². The first-order valence-electron chi connectivity index (χ1n) is 5.16. The first kappa shape index (κ1) is 8.04. The maximum absolute atomic E-state index is 11.7. The van der Waals surface area contributed by atoms with Crippen molar-refractivity contribution in [1.29, 1.82) is 0 Å². The van der Waals surface area contributed by atoms with Crippen LogP contribution in [0.2, 0.25) is 0 Å². The molecule has 2 heteroatoms. The van der Waals surface area contributed by atoms with Crippen LogP contribution in [0.5, 0.6) is 0 Å². The highest BCUT2D eigenvalue weighted by molar-refractivity contribution is 5.94. The lowest BCUT2D eigenvalue weighted by Crippen LogP contribution is -2.26. The summed E-state index contributed by atoms with van der Waals surface area (Å²) in [5, 5.41) is 3.08. The number of hydrogen-bond donors (Lipinski definition) is 1. The Bertz CT molecular complexity index is 367. The maximum Gasteiger partial charge on any atom is 0.251 e. The molecular formula is C12H13NO. The summed E-state index contributed by atoms with van der Waals surface area (Å²) in [6.07, 6.45) is 3.82. The van der Waals surface area contributed by atoms with E-state index in [4.69, 9.17) is 0 Å². The van der Waals surface area contributed by atoms with Crippen molar-refractivity contribution in [3.05, 3.63) is 35.9 Å². The zero-order valence-corrected chi connectivity index (χ0v) is 7.99. The van der Waals surface area contributed by atoms with Crippen molar-refractivity contribution in [3.63, 3.8) is 0 Å². The summed E-state index contributed by atoms with van der Waals surface area (Å²) in [4.78, 5) is 11.7. The van der Waals surface area contributed by atoms with Crippen LogP contribution in [-0.4, -0.2) is 11.9 Å². The standard InChI is InChI=1S/C12H13NO/c14-11(9-4-2-1-3-5-9)13-10-8-12(10)6-7-12/h1-5,10H,6-8H2,(H,13,14). The van der Waals surface area contributed by atoms with Gasteiger partial charge in [-0.2, -0.15) is 0 Å². The molecule has 2 aliphatic rings. The maximum atomic E-state index is 11.7. The zero-order valence-electron chi connectivity index (χ0n) is 7.99. The van der Waals surface area contributed by atoms with E-state index < -0.39 is 0 Å². The van der Waals surface area contributed by atoms with Crippen molar-refractivity contribution >= 4 is 5.91 Å². The van der Waals surface area contributed by atoms with Crippen molar-refractivity contribution in [2.75, 3.05) is 0 Å². The first-order chi connectivity index (χ1) is 6.80. The monoisotopic (exact) mass is 187 g/mol. The highest BCUT2D eigenvalue weighted by Crippen LogP contribution is 2.65. The van der Waals surface area contributed by atoms with Crippen LogP contribution in [0.4, 0.5) is 0 Å². The van der Waals surface area contributed by atoms with E-state index in [0.29, 0.717) is 11.5 Å². The van der Waals surface area contributed by atoms with Gasteiger partial charge < -0.3 is 5.32 Å². The SMILES string of the molecule is O=C(NC1CC12CC2)c1ccccc1. The van der Waals surface area contributed by atoms with Crippen LogP contribution < -0.4 is 5.32 Å². The Balaban J connectivity index is 1.66. The Morgan fingerprint density at radius 2 is 2.00 bits per heavy atom. The second-order valence-corrected chi connectivity index (χ2v) is 4.46. The highest BCUT2D eigenvalue weighted by Gasteiger charge is 2.63. The molecule has 14 heavy (non-hydrogen) atoms. The number of carbonyl (C=O) groups is 1. The Labute approximate surface area is 83.3 Å². The van der Waals surface area contributed by atoms with Crippen molar-refractivity contribution in [2.24, 2.45) is 5.41 Å². The van der Waals surface area contributed by atoms with E-state index in [9.17, 15) is 4.79 Å². The fraction of sp³-hybridized carbons (Fsp3) is 0.417. The smallest absolute Gasteiger partial charge is 0.251 e. The second kappa shape index (κ2) is 2.59. The third-order valence-electron chi connectivity index (χ3n) is 3.42. The molecule has 0 heterocycles. The molecule has 1 aromatic carbocycles. The number of rotatable bonds is 2. The molecule has 1 unspecified atom stereocenters. The van der Waals surface area contributed by atoms with Gasteiger partial charge in [-0.05, 0) is 36.8 Å². The highest BCUT2D eigenvalue weighted by atomic mass is 16.1. The molecule has 2 aliphatic carbocycles. The molecule has 0 aliphatic heterocycles. The van der Waals surface area contributed by atoms with Gasteiger partial charge in [0.2, 0.25) is 0 Å². The molecule has 3 rings (SSSR count). The molecular weight excluding hydrogens is 174 g/mol. The molecule has 1 aromatic rings. The molecule has 1 spiro atoms. The van der Waals surface area contributed by atoms with Crippen molar-refractivity contribution in [3.8, 4) is 0 Å². The third kappa shape index (κ3) is 1.22. The minimum atomic E-state index is 0.0828. The molecule has 1 atom stereocenters. The van der Waals surface area contributed by atoms with Crippen LogP contribution in [0.1, 0.15) is 29.6 Å². The van der Waals surface area contributed by atoms with Crippen molar-refractivity contribution in [2.45, 2.75) is 25.3 Å². The van der Waals surface area contributed by atoms with Gasteiger partial charge in [-0.3, -0.25) is 4.79 Å². The van der Waals surface area contributed by atoms with Crippen LogP contribution in [0, 0.1) is 5.41 Å². The summed E-state index contributed by atoms with van der Waals surface area (Å²) in [6.45, 7) is 0. The van der Waals surface area contributed by atoms with Crippen molar-refractivity contribution < 1.29 is 4.79 Å². The lowest BCUT2D eigenvalue weighted by Gasteiger charge is -2.03. The molecule has 0 saturated heterocycles. The van der Waals surface area contributed by atoms with Gasteiger partial charge in [-0.15, -0.1) is 0 Å². The van der Waals surface area contributed by atoms with E-state index >= 15 is 0 Å². The van der Waals surface area contributed by atoms with E-state index in [0.717, 1.165) is 5.56 Å². The second-order valence-electron chi connectivity index (χ2n) is 4.46. The van der Waals surface area contributed by atoms with E-state index in [-0.39, 0.29) is 5.91 Å². The summed E-state index contributed by atoms with van der Waals surface area (Å²) in [6, 6.07) is 9.91. The minimum Gasteiger partial charge on any atom is -0.349 e. The average Bonchev–Trinajstić information content (AvgIpc) is 3.11. The van der Waals surface area contributed by atoms with E-state index in [1.165, 1.54) is 19.3 Å². The van der Waals surface area contributed by atoms with Gasteiger partial charge >= 0.3 is 0 Å². The molecule has 1 N–H and O–H groups in total. The topological polar surface area (TPSA) is 29.1 Å². The number of carbonyl (C=O) groups excluding carboxylic acids is 1. The molecule has 72 valence electrons.